The van der Waals surface area contributed by atoms with Crippen molar-refractivity contribution in [2.75, 3.05) is 6.54 Å². The van der Waals surface area contributed by atoms with Gasteiger partial charge in [0.2, 0.25) is 0 Å². The average Bonchev–Trinajstić information content (AvgIpc) is 2.67. The predicted octanol–water partition coefficient (Wildman–Crippen LogP) is 4.03. The summed E-state index contributed by atoms with van der Waals surface area (Å²) in [6.45, 7) is 2.80. The molecular weight excluding hydrogens is 344 g/mol. The number of ketones is 2. The molecule has 1 heterocycles. The van der Waals surface area contributed by atoms with Crippen molar-refractivity contribution < 1.29 is 14.5 Å². The molecule has 0 bridgehead atoms. The topological polar surface area (TPSA) is 80.5 Å². The van der Waals surface area contributed by atoms with Gasteiger partial charge in [-0.25, -0.2) is 0 Å². The first kappa shape index (κ1) is 17.6. The molecule has 4 rings (SSSR count). The summed E-state index contributed by atoms with van der Waals surface area (Å²) < 4.78 is 0. The summed E-state index contributed by atoms with van der Waals surface area (Å²) in [6.07, 6.45) is 4.33. The molecule has 0 saturated carbocycles. The fraction of sp³-hybridized carbons (Fsp3) is 0.429. The molecule has 0 atom stereocenters. The lowest BCUT2D eigenvalue weighted by molar-refractivity contribution is -0.384. The quantitative estimate of drug-likeness (QED) is 0.596. The van der Waals surface area contributed by atoms with E-state index in [4.69, 9.17) is 0 Å². The molecule has 6 heteroatoms. The van der Waals surface area contributed by atoms with Gasteiger partial charge in [-0.3, -0.25) is 19.7 Å². The molecule has 0 aromatic heterocycles. The highest BCUT2D eigenvalue weighted by Gasteiger charge is 2.42. The second-order valence-corrected chi connectivity index (χ2v) is 7.30. The fourth-order valence-electron chi connectivity index (χ4n) is 4.72. The van der Waals surface area contributed by atoms with Gasteiger partial charge < -0.3 is 4.90 Å². The molecule has 27 heavy (non-hydrogen) atoms. The number of nitrogens with zero attached hydrogens (tertiary/aromatic N) is 2. The van der Waals surface area contributed by atoms with E-state index < -0.39 is 4.92 Å². The number of rotatable bonds is 3. The number of benzene rings is 1. The number of Topliss-reactive ketones (excluding diaryl/α,β-unsaturated/α-hetero) is 2. The first-order valence-corrected chi connectivity index (χ1v) is 9.57. The lowest BCUT2D eigenvalue weighted by Gasteiger charge is -2.43. The smallest absolute Gasteiger partial charge is 0.269 e. The molecule has 3 aliphatic rings. The number of hydrogen-bond donors (Lipinski definition) is 0. The zero-order valence-electron chi connectivity index (χ0n) is 15.4. The van der Waals surface area contributed by atoms with Crippen LogP contribution in [-0.4, -0.2) is 27.9 Å². The lowest BCUT2D eigenvalue weighted by Crippen LogP contribution is -2.39. The second-order valence-electron chi connectivity index (χ2n) is 7.30. The summed E-state index contributed by atoms with van der Waals surface area (Å²) in [7, 11) is 0. The van der Waals surface area contributed by atoms with Crippen molar-refractivity contribution in [2.45, 2.75) is 51.4 Å². The van der Waals surface area contributed by atoms with Crippen LogP contribution in [0.15, 0.2) is 46.8 Å². The Kier molecular flexibility index (Phi) is 4.42. The highest BCUT2D eigenvalue weighted by molar-refractivity contribution is 6.06. The first-order chi connectivity index (χ1) is 13.0. The Labute approximate surface area is 157 Å². The molecule has 1 aliphatic heterocycles. The second kappa shape index (κ2) is 6.76. The molecule has 0 saturated heterocycles. The Morgan fingerprint density at radius 2 is 1.48 bits per heavy atom. The van der Waals surface area contributed by atoms with Gasteiger partial charge in [-0.2, -0.15) is 0 Å². The minimum absolute atomic E-state index is 0.0121. The minimum Gasteiger partial charge on any atom is -0.348 e. The Morgan fingerprint density at radius 3 is 1.93 bits per heavy atom. The van der Waals surface area contributed by atoms with E-state index in [-0.39, 0.29) is 23.2 Å². The van der Waals surface area contributed by atoms with Gasteiger partial charge in [0.15, 0.2) is 11.6 Å². The van der Waals surface area contributed by atoms with E-state index in [1.807, 2.05) is 0 Å². The van der Waals surface area contributed by atoms with Gasteiger partial charge in [0.25, 0.3) is 5.69 Å². The maximum atomic E-state index is 12.9. The number of non-ortho nitro benzene ring substituents is 1. The summed E-state index contributed by atoms with van der Waals surface area (Å²) >= 11 is 0. The van der Waals surface area contributed by atoms with Crippen molar-refractivity contribution in [3.8, 4) is 0 Å². The van der Waals surface area contributed by atoms with Crippen LogP contribution >= 0.6 is 0 Å². The number of hydrogen-bond acceptors (Lipinski definition) is 5. The summed E-state index contributed by atoms with van der Waals surface area (Å²) in [5.41, 5.74) is 4.35. The van der Waals surface area contributed by atoms with Crippen LogP contribution in [-0.2, 0) is 9.59 Å². The van der Waals surface area contributed by atoms with Crippen LogP contribution in [0.25, 0.3) is 0 Å². The molecule has 0 unspecified atom stereocenters. The average molecular weight is 366 g/mol. The SMILES string of the molecule is CCN1C2=C(C(=O)CCC2)C(c2ccc([N+](=O)[O-])cc2)C2=C1CCCC2=O. The highest BCUT2D eigenvalue weighted by Crippen LogP contribution is 2.49. The summed E-state index contributed by atoms with van der Waals surface area (Å²) in [5.74, 6) is -0.190. The first-order valence-electron chi connectivity index (χ1n) is 9.57. The molecule has 0 radical (unpaired) electrons. The lowest BCUT2D eigenvalue weighted by atomic mass is 9.71. The van der Waals surface area contributed by atoms with Crippen LogP contribution in [0.2, 0.25) is 0 Å². The van der Waals surface area contributed by atoms with Crippen molar-refractivity contribution in [3.63, 3.8) is 0 Å². The van der Waals surface area contributed by atoms with E-state index in [0.29, 0.717) is 12.8 Å². The third kappa shape index (κ3) is 2.80. The molecule has 2 aliphatic carbocycles. The van der Waals surface area contributed by atoms with E-state index in [1.165, 1.54) is 12.1 Å². The third-order valence-corrected chi connectivity index (χ3v) is 5.84. The monoisotopic (exact) mass is 366 g/mol. The Bertz CT molecular complexity index is 851. The van der Waals surface area contributed by atoms with Crippen LogP contribution in [0.1, 0.15) is 56.9 Å². The number of carbonyl (C=O) groups is 2. The number of nitro groups is 1. The molecule has 140 valence electrons. The molecule has 0 fully saturated rings. The van der Waals surface area contributed by atoms with Crippen molar-refractivity contribution >= 4 is 17.3 Å². The number of carbonyl (C=O) groups excluding carboxylic acids is 2. The van der Waals surface area contributed by atoms with Gasteiger partial charge in [0.05, 0.1) is 4.92 Å². The van der Waals surface area contributed by atoms with E-state index in [2.05, 4.69) is 11.8 Å². The normalized spacial score (nSPS) is 20.7. The molecule has 0 spiro atoms. The maximum Gasteiger partial charge on any atom is 0.269 e. The van der Waals surface area contributed by atoms with Gasteiger partial charge in [-0.05, 0) is 38.2 Å². The molecule has 0 amide bonds. The molecular formula is C21H22N2O4. The van der Waals surface area contributed by atoms with Gasteiger partial charge in [0, 0.05) is 60.0 Å². The number of allylic oxidation sites excluding steroid dienone is 4. The predicted molar refractivity (Wildman–Crippen MR) is 100.0 cm³/mol. The van der Waals surface area contributed by atoms with Gasteiger partial charge in [-0.1, -0.05) is 12.1 Å². The molecule has 0 N–H and O–H groups in total. The minimum atomic E-state index is -0.434. The van der Waals surface area contributed by atoms with Crippen LogP contribution in [0, 0.1) is 10.1 Å². The Morgan fingerprint density at radius 1 is 0.963 bits per heavy atom. The van der Waals surface area contributed by atoms with E-state index >= 15 is 0 Å². The van der Waals surface area contributed by atoms with Crippen LogP contribution in [0.4, 0.5) is 5.69 Å². The molecule has 1 aromatic carbocycles. The summed E-state index contributed by atoms with van der Waals surface area (Å²) in [6, 6.07) is 6.32. The summed E-state index contributed by atoms with van der Waals surface area (Å²) in [4.78, 5) is 38.6. The molecule has 1 aromatic rings. The zero-order chi connectivity index (χ0) is 19.1. The van der Waals surface area contributed by atoms with Crippen LogP contribution < -0.4 is 0 Å². The van der Waals surface area contributed by atoms with Crippen molar-refractivity contribution in [1.29, 1.82) is 0 Å². The van der Waals surface area contributed by atoms with E-state index in [0.717, 1.165) is 60.3 Å². The van der Waals surface area contributed by atoms with Crippen molar-refractivity contribution in [1.82, 2.24) is 4.90 Å². The zero-order valence-corrected chi connectivity index (χ0v) is 15.4. The Balaban J connectivity index is 1.92. The molecule has 6 nitrogen and oxygen atoms in total. The van der Waals surface area contributed by atoms with E-state index in [9.17, 15) is 19.7 Å². The largest absolute Gasteiger partial charge is 0.348 e. The van der Waals surface area contributed by atoms with E-state index in [1.54, 1.807) is 12.1 Å². The highest BCUT2D eigenvalue weighted by atomic mass is 16.6. The van der Waals surface area contributed by atoms with Crippen molar-refractivity contribution in [2.24, 2.45) is 0 Å². The van der Waals surface area contributed by atoms with Gasteiger partial charge in [-0.15, -0.1) is 0 Å². The summed E-state index contributed by atoms with van der Waals surface area (Å²) in [5, 5.41) is 11.0. The number of nitro benzene ring substituents is 1. The maximum absolute atomic E-state index is 12.9. The van der Waals surface area contributed by atoms with Crippen LogP contribution in [0.5, 0.6) is 0 Å². The van der Waals surface area contributed by atoms with Crippen molar-refractivity contribution in [3.05, 3.63) is 62.5 Å². The third-order valence-electron chi connectivity index (χ3n) is 5.84. The van der Waals surface area contributed by atoms with Gasteiger partial charge >= 0.3 is 0 Å². The van der Waals surface area contributed by atoms with Gasteiger partial charge in [0.1, 0.15) is 0 Å². The van der Waals surface area contributed by atoms with Crippen LogP contribution in [0.3, 0.4) is 0 Å². The standard InChI is InChI=1S/C21H22N2O4/c1-2-22-15-5-3-7-17(24)20(15)19(21-16(22)6-4-8-18(21)25)13-9-11-14(12-10-13)23(26)27/h9-12,19H,2-8H2,1H3. The fourth-order valence-corrected chi connectivity index (χ4v) is 4.72. The Hall–Kier alpha value is -2.76.